The Kier molecular flexibility index (Phi) is 3.91. The van der Waals surface area contributed by atoms with Crippen LogP contribution in [0.1, 0.15) is 12.0 Å². The molecule has 0 radical (unpaired) electrons. The fourth-order valence-corrected chi connectivity index (χ4v) is 2.21. The van der Waals surface area contributed by atoms with E-state index in [9.17, 15) is 13.6 Å². The summed E-state index contributed by atoms with van der Waals surface area (Å²) in [4.78, 5) is 13.3. The van der Waals surface area contributed by atoms with E-state index in [1.54, 1.807) is 4.90 Å². The predicted molar refractivity (Wildman–Crippen MR) is 63.8 cm³/mol. The molecule has 1 unspecified atom stereocenters. The van der Waals surface area contributed by atoms with Gasteiger partial charge in [-0.25, -0.2) is 8.78 Å². The zero-order valence-electron chi connectivity index (χ0n) is 10.0. The molecular weight excluding hydrogens is 238 g/mol. The molecule has 1 aliphatic heterocycles. The Hall–Kier alpha value is -1.49. The van der Waals surface area contributed by atoms with E-state index in [0.717, 1.165) is 6.07 Å². The number of nitrogens with two attached hydrogens (primary N) is 1. The van der Waals surface area contributed by atoms with E-state index in [1.165, 1.54) is 12.1 Å². The standard InChI is InChI=1S/C13H16F2N2O/c14-11-2-1-10(12(15)6-11)3-4-17-8-9(7-16)5-13(17)18/h1-2,6,9H,3-5,7-8,16H2. The smallest absolute Gasteiger partial charge is 0.222 e. The van der Waals surface area contributed by atoms with Gasteiger partial charge in [0, 0.05) is 25.6 Å². The number of hydrogen-bond acceptors (Lipinski definition) is 2. The van der Waals surface area contributed by atoms with E-state index >= 15 is 0 Å². The topological polar surface area (TPSA) is 46.3 Å². The average Bonchev–Trinajstić information content (AvgIpc) is 2.69. The zero-order chi connectivity index (χ0) is 13.1. The lowest BCUT2D eigenvalue weighted by atomic mass is 10.1. The number of carbonyl (C=O) groups excluding carboxylic acids is 1. The Bertz CT molecular complexity index is 451. The first-order valence-corrected chi connectivity index (χ1v) is 6.02. The van der Waals surface area contributed by atoms with Crippen LogP contribution in [0.3, 0.4) is 0 Å². The van der Waals surface area contributed by atoms with Gasteiger partial charge in [-0.05, 0) is 30.5 Å². The zero-order valence-corrected chi connectivity index (χ0v) is 10.0. The molecule has 5 heteroatoms. The highest BCUT2D eigenvalue weighted by atomic mass is 19.1. The molecule has 0 spiro atoms. The summed E-state index contributed by atoms with van der Waals surface area (Å²) < 4.78 is 26.1. The van der Waals surface area contributed by atoms with Gasteiger partial charge in [0.15, 0.2) is 0 Å². The average molecular weight is 254 g/mol. The number of carbonyl (C=O) groups is 1. The summed E-state index contributed by atoms with van der Waals surface area (Å²) in [6.07, 6.45) is 0.873. The molecule has 1 heterocycles. The van der Waals surface area contributed by atoms with Crippen LogP contribution in [0, 0.1) is 17.6 Å². The number of likely N-dealkylation sites (tertiary alicyclic amines) is 1. The number of rotatable bonds is 4. The molecule has 1 atom stereocenters. The highest BCUT2D eigenvalue weighted by Crippen LogP contribution is 2.18. The van der Waals surface area contributed by atoms with Crippen LogP contribution in [-0.4, -0.2) is 30.4 Å². The van der Waals surface area contributed by atoms with Crippen LogP contribution < -0.4 is 5.73 Å². The lowest BCUT2D eigenvalue weighted by molar-refractivity contribution is -0.127. The molecule has 0 aromatic heterocycles. The number of amides is 1. The van der Waals surface area contributed by atoms with Crippen molar-refractivity contribution in [3.63, 3.8) is 0 Å². The number of hydrogen-bond donors (Lipinski definition) is 1. The number of halogens is 2. The van der Waals surface area contributed by atoms with Gasteiger partial charge in [-0.15, -0.1) is 0 Å². The lowest BCUT2D eigenvalue weighted by Gasteiger charge is -2.16. The monoisotopic (exact) mass is 254 g/mol. The minimum absolute atomic E-state index is 0.0629. The van der Waals surface area contributed by atoms with Crippen molar-refractivity contribution in [1.29, 1.82) is 0 Å². The molecule has 1 aliphatic rings. The maximum Gasteiger partial charge on any atom is 0.222 e. The van der Waals surface area contributed by atoms with E-state index in [0.29, 0.717) is 38.0 Å². The molecule has 1 amide bonds. The van der Waals surface area contributed by atoms with Crippen LogP contribution in [-0.2, 0) is 11.2 Å². The molecule has 1 aromatic carbocycles. The minimum Gasteiger partial charge on any atom is -0.342 e. The molecule has 0 aliphatic carbocycles. The molecule has 0 bridgehead atoms. The largest absolute Gasteiger partial charge is 0.342 e. The van der Waals surface area contributed by atoms with E-state index in [-0.39, 0.29) is 11.8 Å². The van der Waals surface area contributed by atoms with E-state index in [4.69, 9.17) is 5.73 Å². The lowest BCUT2D eigenvalue weighted by Crippen LogP contribution is -2.28. The van der Waals surface area contributed by atoms with Crippen molar-refractivity contribution in [3.8, 4) is 0 Å². The van der Waals surface area contributed by atoms with Gasteiger partial charge < -0.3 is 10.6 Å². The summed E-state index contributed by atoms with van der Waals surface area (Å²) in [6.45, 7) is 1.59. The molecular formula is C13H16F2N2O. The normalized spacial score (nSPS) is 19.6. The summed E-state index contributed by atoms with van der Waals surface area (Å²) in [5, 5.41) is 0. The molecule has 2 rings (SSSR count). The minimum atomic E-state index is -0.586. The van der Waals surface area contributed by atoms with Gasteiger partial charge in [0.25, 0.3) is 0 Å². The van der Waals surface area contributed by atoms with Crippen LogP contribution in [0.2, 0.25) is 0 Å². The maximum atomic E-state index is 13.4. The first-order chi connectivity index (χ1) is 8.60. The van der Waals surface area contributed by atoms with Crippen molar-refractivity contribution in [3.05, 3.63) is 35.4 Å². The second-order valence-corrected chi connectivity index (χ2v) is 4.63. The van der Waals surface area contributed by atoms with Gasteiger partial charge in [-0.1, -0.05) is 6.07 Å². The number of benzene rings is 1. The third-order valence-corrected chi connectivity index (χ3v) is 3.29. The Morgan fingerprint density at radius 2 is 2.17 bits per heavy atom. The highest BCUT2D eigenvalue weighted by Gasteiger charge is 2.28. The highest BCUT2D eigenvalue weighted by molar-refractivity contribution is 5.78. The summed E-state index contributed by atoms with van der Waals surface area (Å²) >= 11 is 0. The Morgan fingerprint density at radius 1 is 1.39 bits per heavy atom. The van der Waals surface area contributed by atoms with Gasteiger partial charge in [0.05, 0.1) is 0 Å². The SMILES string of the molecule is NCC1CC(=O)N(CCc2ccc(F)cc2F)C1. The summed E-state index contributed by atoms with van der Waals surface area (Å²) in [5.41, 5.74) is 5.96. The van der Waals surface area contributed by atoms with E-state index in [2.05, 4.69) is 0 Å². The van der Waals surface area contributed by atoms with Crippen LogP contribution in [0.25, 0.3) is 0 Å². The third-order valence-electron chi connectivity index (χ3n) is 3.29. The first-order valence-electron chi connectivity index (χ1n) is 6.02. The van der Waals surface area contributed by atoms with Crippen LogP contribution >= 0.6 is 0 Å². The Morgan fingerprint density at radius 3 is 2.78 bits per heavy atom. The molecule has 1 fully saturated rings. The number of nitrogens with zero attached hydrogens (tertiary/aromatic N) is 1. The van der Waals surface area contributed by atoms with E-state index in [1.807, 2.05) is 0 Å². The van der Waals surface area contributed by atoms with Crippen molar-refractivity contribution in [2.75, 3.05) is 19.6 Å². The van der Waals surface area contributed by atoms with Crippen LogP contribution in [0.4, 0.5) is 8.78 Å². The van der Waals surface area contributed by atoms with Crippen molar-refractivity contribution in [2.45, 2.75) is 12.8 Å². The molecule has 1 saturated heterocycles. The summed E-state index contributed by atoms with van der Waals surface area (Å²) in [6, 6.07) is 3.52. The molecule has 98 valence electrons. The maximum absolute atomic E-state index is 13.4. The van der Waals surface area contributed by atoms with Crippen molar-refractivity contribution in [2.24, 2.45) is 11.7 Å². The van der Waals surface area contributed by atoms with Crippen LogP contribution in [0.15, 0.2) is 18.2 Å². The fourth-order valence-electron chi connectivity index (χ4n) is 2.21. The second kappa shape index (κ2) is 5.44. The van der Waals surface area contributed by atoms with Gasteiger partial charge in [0.1, 0.15) is 11.6 Å². The van der Waals surface area contributed by atoms with Crippen molar-refractivity contribution < 1.29 is 13.6 Å². The quantitative estimate of drug-likeness (QED) is 0.880. The van der Waals surface area contributed by atoms with Crippen LogP contribution in [0.5, 0.6) is 0 Å². The fraction of sp³-hybridized carbons (Fsp3) is 0.462. The molecule has 2 N–H and O–H groups in total. The third kappa shape index (κ3) is 2.85. The molecule has 3 nitrogen and oxygen atoms in total. The Labute approximate surface area is 105 Å². The van der Waals surface area contributed by atoms with Gasteiger partial charge >= 0.3 is 0 Å². The van der Waals surface area contributed by atoms with Gasteiger partial charge in [-0.3, -0.25) is 4.79 Å². The molecule has 18 heavy (non-hydrogen) atoms. The van der Waals surface area contributed by atoms with Crippen molar-refractivity contribution in [1.82, 2.24) is 4.90 Å². The summed E-state index contributed by atoms with van der Waals surface area (Å²) in [5.74, 6) is -0.878. The van der Waals surface area contributed by atoms with Crippen molar-refractivity contribution >= 4 is 5.91 Å². The molecule has 0 saturated carbocycles. The predicted octanol–water partition coefficient (Wildman–Crippen LogP) is 1.31. The molecule has 1 aromatic rings. The second-order valence-electron chi connectivity index (χ2n) is 4.63. The van der Waals surface area contributed by atoms with Gasteiger partial charge in [-0.2, -0.15) is 0 Å². The first kappa shape index (κ1) is 13.0. The summed E-state index contributed by atoms with van der Waals surface area (Å²) in [7, 11) is 0. The van der Waals surface area contributed by atoms with Gasteiger partial charge in [0.2, 0.25) is 5.91 Å². The van der Waals surface area contributed by atoms with E-state index < -0.39 is 11.6 Å². The Balaban J connectivity index is 1.94.